The Morgan fingerprint density at radius 2 is 2.00 bits per heavy atom. The normalized spacial score (nSPS) is 18.4. The summed E-state index contributed by atoms with van der Waals surface area (Å²) in [6.07, 6.45) is 3.09. The van der Waals surface area contributed by atoms with E-state index in [1.165, 1.54) is 12.8 Å². The second-order valence-electron chi connectivity index (χ2n) is 5.09. The molecule has 2 unspecified atom stereocenters. The van der Waals surface area contributed by atoms with Crippen molar-refractivity contribution in [3.8, 4) is 5.75 Å². The molecule has 1 aliphatic carbocycles. The maximum atomic E-state index is 10.2. The van der Waals surface area contributed by atoms with Crippen molar-refractivity contribution in [2.75, 3.05) is 13.2 Å². The van der Waals surface area contributed by atoms with Crippen LogP contribution in [-0.4, -0.2) is 24.4 Å². The number of aliphatic hydroxyl groups is 1. The molecule has 3 nitrogen and oxygen atoms in total. The fourth-order valence-electron chi connectivity index (χ4n) is 2.35. The molecule has 1 saturated carbocycles. The summed E-state index contributed by atoms with van der Waals surface area (Å²) in [5.74, 6) is 1.63. The standard InChI is InChI=1S/C15H23NO2/c1-2-18-13-7-5-12(6-8-13)14(10-16)15(17)9-11-3-4-11/h5-8,11,14-15,17H,2-4,9-10,16H2,1H3. The third kappa shape index (κ3) is 3.47. The summed E-state index contributed by atoms with van der Waals surface area (Å²) in [5.41, 5.74) is 6.91. The Morgan fingerprint density at radius 1 is 1.33 bits per heavy atom. The minimum Gasteiger partial charge on any atom is -0.494 e. The lowest BCUT2D eigenvalue weighted by molar-refractivity contribution is 0.129. The first kappa shape index (κ1) is 13.4. The molecular weight excluding hydrogens is 226 g/mol. The third-order valence-electron chi connectivity index (χ3n) is 3.61. The number of hydrogen-bond donors (Lipinski definition) is 2. The van der Waals surface area contributed by atoms with Crippen LogP contribution in [0.25, 0.3) is 0 Å². The summed E-state index contributed by atoms with van der Waals surface area (Å²) in [6.45, 7) is 3.13. The van der Waals surface area contributed by atoms with Crippen LogP contribution in [0.4, 0.5) is 0 Å². The Morgan fingerprint density at radius 3 is 2.50 bits per heavy atom. The Hall–Kier alpha value is -1.06. The van der Waals surface area contributed by atoms with E-state index in [1.807, 2.05) is 31.2 Å². The maximum absolute atomic E-state index is 10.2. The van der Waals surface area contributed by atoms with Crippen molar-refractivity contribution in [2.45, 2.75) is 38.2 Å². The van der Waals surface area contributed by atoms with Crippen LogP contribution in [-0.2, 0) is 0 Å². The van der Waals surface area contributed by atoms with E-state index in [4.69, 9.17) is 10.5 Å². The highest BCUT2D eigenvalue weighted by Crippen LogP contribution is 2.36. The average Bonchev–Trinajstić information content (AvgIpc) is 3.16. The number of hydrogen-bond acceptors (Lipinski definition) is 3. The second kappa shape index (κ2) is 6.21. The van der Waals surface area contributed by atoms with Crippen LogP contribution >= 0.6 is 0 Å². The minimum absolute atomic E-state index is 0.0428. The number of rotatable bonds is 7. The molecule has 0 radical (unpaired) electrons. The Balaban J connectivity index is 2.01. The fraction of sp³-hybridized carbons (Fsp3) is 0.600. The highest BCUT2D eigenvalue weighted by atomic mass is 16.5. The molecule has 0 aromatic heterocycles. The Labute approximate surface area is 109 Å². The third-order valence-corrected chi connectivity index (χ3v) is 3.61. The number of ether oxygens (including phenoxy) is 1. The molecule has 0 bridgehead atoms. The zero-order chi connectivity index (χ0) is 13.0. The summed E-state index contributed by atoms with van der Waals surface area (Å²) >= 11 is 0. The SMILES string of the molecule is CCOc1ccc(C(CN)C(O)CC2CC2)cc1. The molecule has 0 amide bonds. The van der Waals surface area contributed by atoms with E-state index in [2.05, 4.69) is 0 Å². The van der Waals surface area contributed by atoms with Gasteiger partial charge in [-0.1, -0.05) is 25.0 Å². The average molecular weight is 249 g/mol. The van der Waals surface area contributed by atoms with Crippen molar-refractivity contribution in [1.29, 1.82) is 0 Å². The van der Waals surface area contributed by atoms with Crippen LogP contribution in [0.15, 0.2) is 24.3 Å². The van der Waals surface area contributed by atoms with Crippen LogP contribution in [0.3, 0.4) is 0 Å². The fourth-order valence-corrected chi connectivity index (χ4v) is 2.35. The summed E-state index contributed by atoms with van der Waals surface area (Å²) in [6, 6.07) is 7.92. The molecule has 0 saturated heterocycles. The molecule has 0 aliphatic heterocycles. The summed E-state index contributed by atoms with van der Waals surface area (Å²) in [4.78, 5) is 0. The zero-order valence-corrected chi connectivity index (χ0v) is 11.0. The van der Waals surface area contributed by atoms with Crippen LogP contribution in [0.1, 0.15) is 37.7 Å². The molecule has 2 rings (SSSR count). The lowest BCUT2D eigenvalue weighted by Gasteiger charge is -2.22. The Bertz CT molecular complexity index is 359. The minimum atomic E-state index is -0.319. The molecule has 1 fully saturated rings. The quantitative estimate of drug-likeness (QED) is 0.779. The van der Waals surface area contributed by atoms with Crippen LogP contribution in [0.5, 0.6) is 5.75 Å². The predicted octanol–water partition coefficient (Wildman–Crippen LogP) is 2.29. The van der Waals surface area contributed by atoms with Crippen LogP contribution < -0.4 is 10.5 Å². The maximum Gasteiger partial charge on any atom is 0.119 e. The number of aliphatic hydroxyl groups excluding tert-OH is 1. The topological polar surface area (TPSA) is 55.5 Å². The van der Waals surface area contributed by atoms with E-state index in [1.54, 1.807) is 0 Å². The van der Waals surface area contributed by atoms with Gasteiger partial charge < -0.3 is 15.6 Å². The first-order valence-electron chi connectivity index (χ1n) is 6.85. The van der Waals surface area contributed by atoms with Crippen molar-refractivity contribution >= 4 is 0 Å². The van der Waals surface area contributed by atoms with Gasteiger partial charge in [-0.2, -0.15) is 0 Å². The van der Waals surface area contributed by atoms with E-state index < -0.39 is 0 Å². The van der Waals surface area contributed by atoms with Gasteiger partial charge in [0.15, 0.2) is 0 Å². The first-order chi connectivity index (χ1) is 8.74. The van der Waals surface area contributed by atoms with Crippen LogP contribution in [0.2, 0.25) is 0 Å². The van der Waals surface area contributed by atoms with Gasteiger partial charge in [0.25, 0.3) is 0 Å². The van der Waals surface area contributed by atoms with Crippen molar-refractivity contribution in [2.24, 2.45) is 11.7 Å². The van der Waals surface area contributed by atoms with E-state index in [9.17, 15) is 5.11 Å². The van der Waals surface area contributed by atoms with Gasteiger partial charge in [0.2, 0.25) is 0 Å². The lowest BCUT2D eigenvalue weighted by Crippen LogP contribution is -2.26. The lowest BCUT2D eigenvalue weighted by atomic mass is 9.90. The van der Waals surface area contributed by atoms with E-state index in [-0.39, 0.29) is 12.0 Å². The van der Waals surface area contributed by atoms with Gasteiger partial charge in [-0.15, -0.1) is 0 Å². The monoisotopic (exact) mass is 249 g/mol. The predicted molar refractivity (Wildman–Crippen MR) is 72.8 cm³/mol. The zero-order valence-electron chi connectivity index (χ0n) is 11.0. The first-order valence-corrected chi connectivity index (χ1v) is 6.85. The number of benzene rings is 1. The molecule has 100 valence electrons. The molecule has 0 heterocycles. The molecule has 1 aliphatic rings. The molecule has 1 aromatic rings. The van der Waals surface area contributed by atoms with Gasteiger partial charge in [-0.05, 0) is 37.0 Å². The van der Waals surface area contributed by atoms with Gasteiger partial charge in [0.1, 0.15) is 5.75 Å². The van der Waals surface area contributed by atoms with Gasteiger partial charge in [-0.25, -0.2) is 0 Å². The smallest absolute Gasteiger partial charge is 0.119 e. The largest absolute Gasteiger partial charge is 0.494 e. The highest BCUT2D eigenvalue weighted by Gasteiger charge is 2.29. The van der Waals surface area contributed by atoms with Crippen molar-refractivity contribution in [3.63, 3.8) is 0 Å². The van der Waals surface area contributed by atoms with Crippen molar-refractivity contribution in [3.05, 3.63) is 29.8 Å². The van der Waals surface area contributed by atoms with Gasteiger partial charge in [0, 0.05) is 12.5 Å². The summed E-state index contributed by atoms with van der Waals surface area (Å²) in [5, 5.41) is 10.2. The molecule has 3 N–H and O–H groups in total. The van der Waals surface area contributed by atoms with Gasteiger partial charge in [0.05, 0.1) is 12.7 Å². The molecule has 3 heteroatoms. The number of nitrogens with two attached hydrogens (primary N) is 1. The molecule has 1 aromatic carbocycles. The van der Waals surface area contributed by atoms with Crippen molar-refractivity contribution in [1.82, 2.24) is 0 Å². The van der Waals surface area contributed by atoms with E-state index >= 15 is 0 Å². The molecular formula is C15H23NO2. The molecule has 0 spiro atoms. The second-order valence-corrected chi connectivity index (χ2v) is 5.09. The van der Waals surface area contributed by atoms with E-state index in [0.717, 1.165) is 23.7 Å². The summed E-state index contributed by atoms with van der Waals surface area (Å²) in [7, 11) is 0. The van der Waals surface area contributed by atoms with Gasteiger partial charge >= 0.3 is 0 Å². The van der Waals surface area contributed by atoms with Crippen LogP contribution in [0, 0.1) is 5.92 Å². The highest BCUT2D eigenvalue weighted by molar-refractivity contribution is 5.30. The summed E-state index contributed by atoms with van der Waals surface area (Å²) < 4.78 is 5.42. The Kier molecular flexibility index (Phi) is 4.61. The molecule has 18 heavy (non-hydrogen) atoms. The van der Waals surface area contributed by atoms with Gasteiger partial charge in [-0.3, -0.25) is 0 Å². The van der Waals surface area contributed by atoms with E-state index in [0.29, 0.717) is 13.2 Å². The molecule has 2 atom stereocenters. The van der Waals surface area contributed by atoms with Crippen molar-refractivity contribution < 1.29 is 9.84 Å².